The molecule has 34 heavy (non-hydrogen) atoms. The number of nitrogens with zero attached hydrogens (tertiary/aromatic N) is 6. The highest BCUT2D eigenvalue weighted by Gasteiger charge is 2.29. The van der Waals surface area contributed by atoms with Crippen LogP contribution in [-0.2, 0) is 11.8 Å². The van der Waals surface area contributed by atoms with E-state index < -0.39 is 17.2 Å². The van der Waals surface area contributed by atoms with Gasteiger partial charge >= 0.3 is 0 Å². The fraction of sp³-hybridized carbons (Fsp3) is 0.292. The molecule has 4 heterocycles. The van der Waals surface area contributed by atoms with Crippen LogP contribution >= 0.6 is 0 Å². The second-order valence-corrected chi connectivity index (χ2v) is 8.36. The number of ether oxygens (including phenoxy) is 1. The number of rotatable bonds is 3. The van der Waals surface area contributed by atoms with Crippen molar-refractivity contribution in [3.63, 3.8) is 0 Å². The topological polar surface area (TPSA) is 98.1 Å². The molecule has 0 aliphatic carbocycles. The molecule has 1 aromatic carbocycles. The van der Waals surface area contributed by atoms with Gasteiger partial charge in [-0.1, -0.05) is 0 Å². The molecular weight excluding hydrogens is 442 g/mol. The van der Waals surface area contributed by atoms with Crippen LogP contribution in [0.15, 0.2) is 41.6 Å². The van der Waals surface area contributed by atoms with Crippen molar-refractivity contribution in [3.05, 3.63) is 81.3 Å². The Morgan fingerprint density at radius 2 is 2.06 bits per heavy atom. The molecule has 10 heteroatoms. The van der Waals surface area contributed by atoms with E-state index in [1.54, 1.807) is 10.9 Å². The number of nitriles is 1. The minimum atomic E-state index is -0.971. The Morgan fingerprint density at radius 1 is 1.24 bits per heavy atom. The van der Waals surface area contributed by atoms with E-state index in [0.717, 1.165) is 16.0 Å². The quantitative estimate of drug-likeness (QED) is 0.462. The van der Waals surface area contributed by atoms with Gasteiger partial charge in [0.15, 0.2) is 5.65 Å². The first-order valence-corrected chi connectivity index (χ1v) is 10.7. The van der Waals surface area contributed by atoms with Gasteiger partial charge in [-0.25, -0.2) is 14.4 Å². The monoisotopic (exact) mass is 462 g/mol. The Labute approximate surface area is 193 Å². The molecule has 0 radical (unpaired) electrons. The summed E-state index contributed by atoms with van der Waals surface area (Å²) in [4.78, 5) is 21.7. The van der Waals surface area contributed by atoms with Crippen molar-refractivity contribution in [3.8, 4) is 17.3 Å². The standard InChI is InChI=1S/C24H20F2N6O2/c1-13-21(26)24(33)32-12-19(15-5-6-34-20(8-15)16-10-28-31(2)11-16)30-22(23(32)29-13)17-4-3-14(9-27)7-18(17)25/h3-4,7,10-12,15,20H,5-6,8H2,1-2H3. The van der Waals surface area contributed by atoms with E-state index in [0.29, 0.717) is 25.1 Å². The number of aromatic nitrogens is 5. The van der Waals surface area contributed by atoms with Crippen molar-refractivity contribution in [2.75, 3.05) is 6.61 Å². The first-order valence-electron chi connectivity index (χ1n) is 10.7. The molecule has 0 amide bonds. The molecule has 5 rings (SSSR count). The summed E-state index contributed by atoms with van der Waals surface area (Å²) < 4.78 is 38.2. The highest BCUT2D eigenvalue weighted by atomic mass is 19.1. The van der Waals surface area contributed by atoms with Crippen LogP contribution in [0.2, 0.25) is 0 Å². The van der Waals surface area contributed by atoms with Crippen molar-refractivity contribution in [2.24, 2.45) is 7.05 Å². The van der Waals surface area contributed by atoms with Crippen LogP contribution in [0.3, 0.4) is 0 Å². The van der Waals surface area contributed by atoms with Crippen LogP contribution < -0.4 is 5.56 Å². The molecule has 4 aromatic rings. The average molecular weight is 462 g/mol. The molecule has 1 aliphatic rings. The summed E-state index contributed by atoms with van der Waals surface area (Å²) in [6.07, 6.45) is 6.08. The lowest BCUT2D eigenvalue weighted by Gasteiger charge is -2.29. The normalized spacial score (nSPS) is 18.2. The Hall–Kier alpha value is -3.97. The zero-order valence-corrected chi connectivity index (χ0v) is 18.5. The van der Waals surface area contributed by atoms with Gasteiger partial charge in [0.05, 0.1) is 35.3 Å². The molecule has 0 saturated carbocycles. The second-order valence-electron chi connectivity index (χ2n) is 8.36. The van der Waals surface area contributed by atoms with Crippen LogP contribution in [0.1, 0.15) is 47.4 Å². The maximum absolute atomic E-state index is 15.0. The van der Waals surface area contributed by atoms with Crippen LogP contribution in [0.4, 0.5) is 8.78 Å². The predicted octanol–water partition coefficient (Wildman–Crippen LogP) is 3.58. The van der Waals surface area contributed by atoms with Crippen molar-refractivity contribution >= 4 is 5.65 Å². The van der Waals surface area contributed by atoms with E-state index in [2.05, 4.69) is 10.1 Å². The fourth-order valence-electron chi connectivity index (χ4n) is 4.30. The summed E-state index contributed by atoms with van der Waals surface area (Å²) >= 11 is 0. The molecule has 1 fully saturated rings. The largest absolute Gasteiger partial charge is 0.373 e. The average Bonchev–Trinajstić information content (AvgIpc) is 3.28. The summed E-state index contributed by atoms with van der Waals surface area (Å²) in [5, 5.41) is 13.3. The van der Waals surface area contributed by atoms with Gasteiger partial charge in [-0.3, -0.25) is 13.9 Å². The zero-order chi connectivity index (χ0) is 24.0. The van der Waals surface area contributed by atoms with E-state index in [1.807, 2.05) is 19.3 Å². The van der Waals surface area contributed by atoms with Gasteiger partial charge in [0.2, 0.25) is 5.82 Å². The van der Waals surface area contributed by atoms with E-state index in [4.69, 9.17) is 15.0 Å². The number of hydrogen-bond donors (Lipinski definition) is 0. The van der Waals surface area contributed by atoms with Gasteiger partial charge in [0, 0.05) is 43.1 Å². The molecule has 0 bridgehead atoms. The summed E-state index contributed by atoms with van der Waals surface area (Å²) in [5.41, 5.74) is 0.846. The van der Waals surface area contributed by atoms with E-state index in [9.17, 15) is 13.6 Å². The highest BCUT2D eigenvalue weighted by Crippen LogP contribution is 2.37. The zero-order valence-electron chi connectivity index (χ0n) is 18.5. The SMILES string of the molecule is Cc1nc2c(-c3ccc(C#N)cc3F)nc(C3CCOC(c4cnn(C)c4)C3)cn2c(=O)c1F. The van der Waals surface area contributed by atoms with Crippen LogP contribution in [0, 0.1) is 29.9 Å². The maximum atomic E-state index is 15.0. The number of aryl methyl sites for hydroxylation is 2. The molecule has 2 atom stereocenters. The maximum Gasteiger partial charge on any atom is 0.294 e. The Bertz CT molecular complexity index is 1520. The number of hydrogen-bond acceptors (Lipinski definition) is 6. The van der Waals surface area contributed by atoms with E-state index in [1.165, 1.54) is 25.3 Å². The Morgan fingerprint density at radius 3 is 2.76 bits per heavy atom. The van der Waals surface area contributed by atoms with Gasteiger partial charge in [0.25, 0.3) is 5.56 Å². The number of benzene rings is 1. The minimum absolute atomic E-state index is 0.0483. The molecule has 3 aromatic heterocycles. The molecule has 1 saturated heterocycles. The third-order valence-corrected chi connectivity index (χ3v) is 6.09. The molecule has 0 spiro atoms. The predicted molar refractivity (Wildman–Crippen MR) is 118 cm³/mol. The lowest BCUT2D eigenvalue weighted by molar-refractivity contribution is 0.00455. The minimum Gasteiger partial charge on any atom is -0.373 e. The van der Waals surface area contributed by atoms with Gasteiger partial charge in [-0.05, 0) is 38.0 Å². The van der Waals surface area contributed by atoms with Gasteiger partial charge in [-0.15, -0.1) is 0 Å². The Balaban J connectivity index is 1.67. The summed E-state index contributed by atoms with van der Waals surface area (Å²) in [6.45, 7) is 1.83. The highest BCUT2D eigenvalue weighted by molar-refractivity contribution is 5.74. The van der Waals surface area contributed by atoms with Crippen LogP contribution in [0.25, 0.3) is 16.9 Å². The second kappa shape index (κ2) is 8.43. The van der Waals surface area contributed by atoms with E-state index in [-0.39, 0.29) is 40.2 Å². The molecule has 172 valence electrons. The number of halogens is 2. The first kappa shape index (κ1) is 21.9. The fourth-order valence-corrected chi connectivity index (χ4v) is 4.30. The molecule has 2 unspecified atom stereocenters. The van der Waals surface area contributed by atoms with Crippen molar-refractivity contribution in [2.45, 2.75) is 31.8 Å². The third-order valence-electron chi connectivity index (χ3n) is 6.09. The first-order chi connectivity index (χ1) is 16.4. The third kappa shape index (κ3) is 3.74. The van der Waals surface area contributed by atoms with Crippen LogP contribution in [0.5, 0.6) is 0 Å². The smallest absolute Gasteiger partial charge is 0.294 e. The molecule has 8 nitrogen and oxygen atoms in total. The molecule has 0 N–H and O–H groups in total. The van der Waals surface area contributed by atoms with Crippen molar-refractivity contribution in [1.82, 2.24) is 24.1 Å². The van der Waals surface area contributed by atoms with E-state index >= 15 is 0 Å². The van der Waals surface area contributed by atoms with Crippen molar-refractivity contribution < 1.29 is 13.5 Å². The van der Waals surface area contributed by atoms with Gasteiger partial charge < -0.3 is 4.74 Å². The molecule has 1 aliphatic heterocycles. The lowest BCUT2D eigenvalue weighted by atomic mass is 9.90. The van der Waals surface area contributed by atoms with Gasteiger partial charge in [-0.2, -0.15) is 14.8 Å². The lowest BCUT2D eigenvalue weighted by Crippen LogP contribution is -2.24. The number of fused-ring (bicyclic) bond motifs is 1. The van der Waals surface area contributed by atoms with Crippen molar-refractivity contribution in [1.29, 1.82) is 5.26 Å². The molecular formula is C24H20F2N6O2. The Kier molecular flexibility index (Phi) is 5.42. The summed E-state index contributed by atoms with van der Waals surface area (Å²) in [6, 6.07) is 5.88. The summed E-state index contributed by atoms with van der Waals surface area (Å²) in [7, 11) is 1.82. The summed E-state index contributed by atoms with van der Waals surface area (Å²) in [5.74, 6) is -1.78. The van der Waals surface area contributed by atoms with Crippen LogP contribution in [-0.4, -0.2) is 30.8 Å². The van der Waals surface area contributed by atoms with Gasteiger partial charge in [0.1, 0.15) is 11.5 Å².